The van der Waals surface area contributed by atoms with E-state index in [4.69, 9.17) is 4.42 Å². The van der Waals surface area contributed by atoms with Crippen molar-refractivity contribution in [2.75, 3.05) is 18.4 Å². The van der Waals surface area contributed by atoms with Gasteiger partial charge in [-0.15, -0.1) is 11.3 Å². The van der Waals surface area contributed by atoms with Crippen LogP contribution in [0.15, 0.2) is 40.1 Å². The highest BCUT2D eigenvalue weighted by atomic mass is 32.1. The fraction of sp³-hybridized carbons (Fsp3) is 0.409. The van der Waals surface area contributed by atoms with Crippen molar-refractivity contribution < 1.29 is 9.21 Å². The van der Waals surface area contributed by atoms with E-state index in [1.54, 1.807) is 0 Å². The van der Waals surface area contributed by atoms with Crippen LogP contribution in [0.25, 0.3) is 11.5 Å². The zero-order chi connectivity index (χ0) is 20.2. The molecule has 29 heavy (non-hydrogen) atoms. The first-order valence-corrected chi connectivity index (χ1v) is 10.9. The van der Waals surface area contributed by atoms with E-state index in [0.717, 1.165) is 36.8 Å². The molecule has 1 aromatic carbocycles. The lowest BCUT2D eigenvalue weighted by Gasteiger charge is -2.30. The van der Waals surface area contributed by atoms with Crippen LogP contribution in [0.4, 0.5) is 5.13 Å². The molecule has 1 atom stereocenters. The number of likely N-dealkylation sites (tertiary alicyclic amines) is 1. The number of amides is 1. The van der Waals surface area contributed by atoms with Crippen LogP contribution in [0.2, 0.25) is 0 Å². The molecule has 0 saturated carbocycles. The highest BCUT2D eigenvalue weighted by Crippen LogP contribution is 2.23. The van der Waals surface area contributed by atoms with Crippen molar-refractivity contribution in [1.82, 2.24) is 14.9 Å². The zero-order valence-electron chi connectivity index (χ0n) is 16.9. The van der Waals surface area contributed by atoms with Gasteiger partial charge in [0.15, 0.2) is 5.13 Å². The number of aryl methyl sites for hydroxylation is 1. The van der Waals surface area contributed by atoms with Crippen molar-refractivity contribution >= 4 is 22.4 Å². The first-order valence-electron chi connectivity index (χ1n) is 10.0. The van der Waals surface area contributed by atoms with Crippen molar-refractivity contribution in [3.63, 3.8) is 0 Å². The molecular weight excluding hydrogens is 384 g/mol. The van der Waals surface area contributed by atoms with Gasteiger partial charge in [-0.2, -0.15) is 0 Å². The van der Waals surface area contributed by atoms with E-state index in [1.807, 2.05) is 42.6 Å². The van der Waals surface area contributed by atoms with E-state index in [9.17, 15) is 4.79 Å². The average Bonchev–Trinajstić information content (AvgIpc) is 3.29. The number of benzene rings is 1. The Morgan fingerprint density at radius 2 is 2.14 bits per heavy atom. The Morgan fingerprint density at radius 3 is 2.93 bits per heavy atom. The minimum Gasteiger partial charge on any atom is -0.441 e. The Balaban J connectivity index is 1.34. The molecule has 6 nitrogen and oxygen atoms in total. The van der Waals surface area contributed by atoms with Crippen molar-refractivity contribution in [1.29, 1.82) is 0 Å². The van der Waals surface area contributed by atoms with Crippen molar-refractivity contribution in [3.8, 4) is 11.5 Å². The second kappa shape index (κ2) is 8.88. The normalized spacial score (nSPS) is 17.4. The fourth-order valence-corrected chi connectivity index (χ4v) is 4.43. The number of carbonyl (C=O) groups is 1. The summed E-state index contributed by atoms with van der Waals surface area (Å²) in [4.78, 5) is 24.0. The van der Waals surface area contributed by atoms with Crippen LogP contribution in [-0.4, -0.2) is 33.9 Å². The Morgan fingerprint density at radius 1 is 1.31 bits per heavy atom. The first kappa shape index (κ1) is 19.8. The van der Waals surface area contributed by atoms with E-state index in [2.05, 4.69) is 27.1 Å². The molecule has 7 heteroatoms. The van der Waals surface area contributed by atoms with Gasteiger partial charge in [0.25, 0.3) is 0 Å². The van der Waals surface area contributed by atoms with E-state index in [0.29, 0.717) is 22.5 Å². The Hall–Kier alpha value is -2.51. The van der Waals surface area contributed by atoms with Gasteiger partial charge < -0.3 is 9.73 Å². The lowest BCUT2D eigenvalue weighted by molar-refractivity contribution is -0.115. The monoisotopic (exact) mass is 410 g/mol. The first-order chi connectivity index (χ1) is 14.1. The van der Waals surface area contributed by atoms with Crippen LogP contribution in [-0.2, 0) is 17.8 Å². The second-order valence-corrected chi connectivity index (χ2v) is 8.60. The summed E-state index contributed by atoms with van der Waals surface area (Å²) >= 11 is 1.47. The van der Waals surface area contributed by atoms with Gasteiger partial charge in [-0.05, 0) is 44.4 Å². The Labute approximate surface area is 175 Å². The quantitative estimate of drug-likeness (QED) is 0.647. The van der Waals surface area contributed by atoms with Gasteiger partial charge >= 0.3 is 0 Å². The Bertz CT molecular complexity index is 966. The van der Waals surface area contributed by atoms with Crippen molar-refractivity contribution in [3.05, 3.63) is 52.9 Å². The summed E-state index contributed by atoms with van der Waals surface area (Å²) in [5.41, 5.74) is 2.57. The molecule has 0 aliphatic carbocycles. The lowest BCUT2D eigenvalue weighted by atomic mass is 10.0. The highest BCUT2D eigenvalue weighted by Gasteiger charge is 2.18. The molecule has 1 saturated heterocycles. The number of hydrogen-bond donors (Lipinski definition) is 1. The number of aromatic nitrogens is 2. The summed E-state index contributed by atoms with van der Waals surface area (Å²) in [6.07, 6.45) is 2.72. The number of nitrogens with one attached hydrogen (secondary N) is 1. The van der Waals surface area contributed by atoms with Gasteiger partial charge in [0.1, 0.15) is 5.76 Å². The summed E-state index contributed by atoms with van der Waals surface area (Å²) in [6, 6.07) is 9.70. The van der Waals surface area contributed by atoms with Gasteiger partial charge in [-0.1, -0.05) is 25.1 Å². The summed E-state index contributed by atoms with van der Waals surface area (Å²) in [7, 11) is 0. The molecule has 152 valence electrons. The van der Waals surface area contributed by atoms with E-state index < -0.39 is 0 Å². The molecule has 1 aliphatic heterocycles. The predicted molar refractivity (Wildman–Crippen MR) is 115 cm³/mol. The molecular formula is C22H26N4O2S. The molecule has 1 aliphatic rings. The molecule has 0 spiro atoms. The number of rotatable bonds is 6. The number of hydrogen-bond acceptors (Lipinski definition) is 6. The number of anilines is 1. The fourth-order valence-electron chi connectivity index (χ4n) is 3.71. The summed E-state index contributed by atoms with van der Waals surface area (Å²) < 4.78 is 5.74. The third-order valence-corrected chi connectivity index (χ3v) is 5.97. The molecule has 1 amide bonds. The van der Waals surface area contributed by atoms with Crippen LogP contribution in [0, 0.1) is 12.8 Å². The molecule has 1 N–H and O–H groups in total. The molecule has 0 unspecified atom stereocenters. The summed E-state index contributed by atoms with van der Waals surface area (Å²) in [5, 5.41) is 5.57. The minimum absolute atomic E-state index is 0.131. The molecule has 2 aromatic heterocycles. The minimum atomic E-state index is -0.131. The van der Waals surface area contributed by atoms with Crippen molar-refractivity contribution in [2.24, 2.45) is 5.92 Å². The largest absolute Gasteiger partial charge is 0.441 e. The average molecular weight is 411 g/mol. The number of oxazole rings is 1. The van der Waals surface area contributed by atoms with Crippen molar-refractivity contribution in [2.45, 2.75) is 39.7 Å². The van der Waals surface area contributed by atoms with E-state index >= 15 is 0 Å². The highest BCUT2D eigenvalue weighted by molar-refractivity contribution is 7.13. The number of piperidine rings is 1. The number of thiazole rings is 1. The van der Waals surface area contributed by atoms with Gasteiger partial charge in [-0.3, -0.25) is 9.69 Å². The lowest BCUT2D eigenvalue weighted by Crippen LogP contribution is -2.33. The van der Waals surface area contributed by atoms with Crippen LogP contribution < -0.4 is 5.32 Å². The molecule has 1 fully saturated rings. The molecule has 3 aromatic rings. The maximum atomic E-state index is 12.5. The van der Waals surface area contributed by atoms with Crippen LogP contribution in [0.5, 0.6) is 0 Å². The third-order valence-electron chi connectivity index (χ3n) is 5.17. The SMILES string of the molecule is Cc1oc(-c2ccccc2)nc1CC(=O)Nc1nc(CN2CCC[C@@H](C)C2)cs1. The molecule has 3 heterocycles. The predicted octanol–water partition coefficient (Wildman–Crippen LogP) is 4.52. The van der Waals surface area contributed by atoms with Crippen LogP contribution >= 0.6 is 11.3 Å². The third kappa shape index (κ3) is 5.10. The van der Waals surface area contributed by atoms with Gasteiger partial charge in [0.05, 0.1) is 17.8 Å². The number of carbonyl (C=O) groups excluding carboxylic acids is 1. The molecule has 0 radical (unpaired) electrons. The summed E-state index contributed by atoms with van der Waals surface area (Å²) in [5.74, 6) is 1.82. The summed E-state index contributed by atoms with van der Waals surface area (Å²) in [6.45, 7) is 7.23. The van der Waals surface area contributed by atoms with Crippen LogP contribution in [0.1, 0.15) is 36.9 Å². The van der Waals surface area contributed by atoms with E-state index in [1.165, 1.54) is 24.2 Å². The maximum Gasteiger partial charge on any atom is 0.232 e. The Kier molecular flexibility index (Phi) is 6.06. The van der Waals surface area contributed by atoms with Gasteiger partial charge in [0, 0.05) is 24.0 Å². The smallest absolute Gasteiger partial charge is 0.232 e. The molecule has 4 rings (SSSR count). The number of nitrogens with zero attached hydrogens (tertiary/aromatic N) is 3. The van der Waals surface area contributed by atoms with Crippen LogP contribution in [0.3, 0.4) is 0 Å². The maximum absolute atomic E-state index is 12.5. The second-order valence-electron chi connectivity index (χ2n) is 7.74. The zero-order valence-corrected chi connectivity index (χ0v) is 17.7. The van der Waals surface area contributed by atoms with Gasteiger partial charge in [-0.25, -0.2) is 9.97 Å². The standard InChI is InChI=1S/C22H26N4O2S/c1-15-7-6-10-26(12-15)13-18-14-29-22(23-18)25-20(27)11-19-16(2)28-21(24-19)17-8-4-3-5-9-17/h3-5,8-9,14-15H,6-7,10-13H2,1-2H3,(H,23,25,27)/t15-/m1/s1. The van der Waals surface area contributed by atoms with Gasteiger partial charge in [0.2, 0.25) is 11.8 Å². The topological polar surface area (TPSA) is 71.3 Å². The van der Waals surface area contributed by atoms with E-state index in [-0.39, 0.29) is 12.3 Å². The molecule has 0 bridgehead atoms.